The molecule has 1 aliphatic rings. The number of amides is 1. The van der Waals surface area contributed by atoms with E-state index in [-0.39, 0.29) is 17.6 Å². The predicted molar refractivity (Wildman–Crippen MR) is 101 cm³/mol. The number of carbonyl (C=O) groups excluding carboxylic acids is 1. The zero-order valence-corrected chi connectivity index (χ0v) is 15.5. The van der Waals surface area contributed by atoms with Crippen molar-refractivity contribution < 1.29 is 9.53 Å². The molecule has 26 heavy (non-hydrogen) atoms. The summed E-state index contributed by atoms with van der Waals surface area (Å²) < 4.78 is 8.86. The second-order valence-corrected chi connectivity index (χ2v) is 6.69. The van der Waals surface area contributed by atoms with E-state index in [0.717, 1.165) is 25.1 Å². The fourth-order valence-electron chi connectivity index (χ4n) is 3.15. The summed E-state index contributed by atoms with van der Waals surface area (Å²) in [5.41, 5.74) is 1.54. The third-order valence-corrected chi connectivity index (χ3v) is 4.87. The molecule has 0 bridgehead atoms. The Morgan fingerprint density at radius 3 is 2.73 bits per heavy atom. The SMILES string of the molecule is Cc1c(NC(=O)[C@H](C)NC[C@@H]2CCCO2)c(=O)n(-c2ccccc2)n1C. The maximum atomic E-state index is 12.8. The zero-order valence-electron chi connectivity index (χ0n) is 15.5. The number of hydrogen-bond acceptors (Lipinski definition) is 4. The first-order valence-electron chi connectivity index (χ1n) is 8.99. The van der Waals surface area contributed by atoms with Crippen LogP contribution in [0.5, 0.6) is 0 Å². The molecule has 3 rings (SSSR count). The van der Waals surface area contributed by atoms with Crippen LogP contribution in [-0.2, 0) is 16.6 Å². The molecule has 7 nitrogen and oxygen atoms in total. The van der Waals surface area contributed by atoms with Gasteiger partial charge in [0.15, 0.2) is 0 Å². The summed E-state index contributed by atoms with van der Waals surface area (Å²) in [5.74, 6) is -0.228. The molecule has 1 saturated heterocycles. The number of nitrogens with one attached hydrogen (secondary N) is 2. The van der Waals surface area contributed by atoms with Crippen molar-refractivity contribution in [3.63, 3.8) is 0 Å². The molecule has 1 aromatic heterocycles. The zero-order chi connectivity index (χ0) is 18.7. The number of para-hydroxylation sites is 1. The van der Waals surface area contributed by atoms with Crippen LogP contribution in [0.4, 0.5) is 5.69 Å². The Morgan fingerprint density at radius 1 is 1.35 bits per heavy atom. The lowest BCUT2D eigenvalue weighted by atomic mass is 10.2. The fourth-order valence-corrected chi connectivity index (χ4v) is 3.15. The second-order valence-electron chi connectivity index (χ2n) is 6.69. The van der Waals surface area contributed by atoms with Crippen molar-refractivity contribution in [2.75, 3.05) is 18.5 Å². The summed E-state index contributed by atoms with van der Waals surface area (Å²) >= 11 is 0. The Kier molecular flexibility index (Phi) is 5.58. The minimum atomic E-state index is -0.414. The summed E-state index contributed by atoms with van der Waals surface area (Å²) in [6.07, 6.45) is 2.25. The quantitative estimate of drug-likeness (QED) is 0.822. The molecule has 2 heterocycles. The van der Waals surface area contributed by atoms with Gasteiger partial charge in [0, 0.05) is 20.2 Å². The Bertz CT molecular complexity index is 819. The molecule has 0 spiro atoms. The number of benzene rings is 1. The van der Waals surface area contributed by atoms with Gasteiger partial charge < -0.3 is 15.4 Å². The van der Waals surface area contributed by atoms with E-state index >= 15 is 0 Å². The van der Waals surface area contributed by atoms with Crippen LogP contribution in [0.25, 0.3) is 5.69 Å². The molecule has 2 atom stereocenters. The van der Waals surface area contributed by atoms with Gasteiger partial charge in [0.05, 0.1) is 23.5 Å². The molecule has 7 heteroatoms. The number of carbonyl (C=O) groups is 1. The number of anilines is 1. The van der Waals surface area contributed by atoms with Gasteiger partial charge in [-0.1, -0.05) is 18.2 Å². The largest absolute Gasteiger partial charge is 0.377 e. The van der Waals surface area contributed by atoms with Gasteiger partial charge >= 0.3 is 0 Å². The van der Waals surface area contributed by atoms with E-state index in [2.05, 4.69) is 10.6 Å². The maximum Gasteiger partial charge on any atom is 0.295 e. The summed E-state index contributed by atoms with van der Waals surface area (Å²) in [5, 5.41) is 5.97. The summed E-state index contributed by atoms with van der Waals surface area (Å²) in [6.45, 7) is 5.03. The first-order valence-corrected chi connectivity index (χ1v) is 8.99. The van der Waals surface area contributed by atoms with Crippen molar-refractivity contribution >= 4 is 11.6 Å². The van der Waals surface area contributed by atoms with Gasteiger partial charge in [-0.2, -0.15) is 0 Å². The Labute approximate surface area is 152 Å². The summed E-state index contributed by atoms with van der Waals surface area (Å²) in [4.78, 5) is 25.3. The highest BCUT2D eigenvalue weighted by molar-refractivity contribution is 5.94. The molecular weight excluding hydrogens is 332 g/mol. The standard InChI is InChI=1S/C19H26N4O3/c1-13(20-12-16-10-7-11-26-16)18(24)21-17-14(2)22(3)23(19(17)25)15-8-5-4-6-9-15/h4-6,8-9,13,16,20H,7,10-12H2,1-3H3,(H,21,24)/t13-,16-/m0/s1. The second kappa shape index (κ2) is 7.88. The van der Waals surface area contributed by atoms with E-state index in [1.54, 1.807) is 23.3 Å². The molecule has 2 aromatic rings. The minimum absolute atomic E-state index is 0.166. The Balaban J connectivity index is 1.73. The third-order valence-electron chi connectivity index (χ3n) is 4.87. The van der Waals surface area contributed by atoms with Gasteiger partial charge in [-0.3, -0.25) is 14.3 Å². The van der Waals surface area contributed by atoms with Crippen molar-refractivity contribution in [3.05, 3.63) is 46.4 Å². The van der Waals surface area contributed by atoms with Gasteiger partial charge in [0.25, 0.3) is 5.56 Å². The van der Waals surface area contributed by atoms with E-state index < -0.39 is 6.04 Å². The Morgan fingerprint density at radius 2 is 2.08 bits per heavy atom. The molecule has 1 aliphatic heterocycles. The van der Waals surface area contributed by atoms with Crippen LogP contribution in [0.2, 0.25) is 0 Å². The van der Waals surface area contributed by atoms with Crippen LogP contribution in [0, 0.1) is 6.92 Å². The maximum absolute atomic E-state index is 12.8. The van der Waals surface area contributed by atoms with Crippen LogP contribution in [0.1, 0.15) is 25.5 Å². The average molecular weight is 358 g/mol. The van der Waals surface area contributed by atoms with E-state index in [1.807, 2.05) is 37.3 Å². The molecule has 0 aliphatic carbocycles. The lowest BCUT2D eigenvalue weighted by Gasteiger charge is -2.16. The van der Waals surface area contributed by atoms with Crippen LogP contribution >= 0.6 is 0 Å². The molecule has 0 saturated carbocycles. The molecule has 1 fully saturated rings. The number of nitrogens with zero attached hydrogens (tertiary/aromatic N) is 2. The molecule has 2 N–H and O–H groups in total. The van der Waals surface area contributed by atoms with Crippen molar-refractivity contribution in [2.24, 2.45) is 7.05 Å². The van der Waals surface area contributed by atoms with Crippen LogP contribution < -0.4 is 16.2 Å². The normalized spacial score (nSPS) is 18.0. The van der Waals surface area contributed by atoms with Crippen LogP contribution in [0.3, 0.4) is 0 Å². The van der Waals surface area contributed by atoms with E-state index in [4.69, 9.17) is 4.74 Å². The topological polar surface area (TPSA) is 77.3 Å². The number of hydrogen-bond donors (Lipinski definition) is 2. The smallest absolute Gasteiger partial charge is 0.295 e. The van der Waals surface area contributed by atoms with Gasteiger partial charge in [0.2, 0.25) is 5.91 Å². The number of aromatic nitrogens is 2. The van der Waals surface area contributed by atoms with Crippen LogP contribution in [-0.4, -0.2) is 40.6 Å². The Hall–Kier alpha value is -2.38. The van der Waals surface area contributed by atoms with Gasteiger partial charge in [-0.25, -0.2) is 4.68 Å². The fraction of sp³-hybridized carbons (Fsp3) is 0.474. The monoisotopic (exact) mass is 358 g/mol. The summed E-state index contributed by atoms with van der Waals surface area (Å²) in [6, 6.07) is 8.95. The molecular formula is C19H26N4O3. The predicted octanol–water partition coefficient (Wildman–Crippen LogP) is 1.58. The van der Waals surface area contributed by atoms with E-state index in [9.17, 15) is 9.59 Å². The van der Waals surface area contributed by atoms with Crippen molar-refractivity contribution in [1.82, 2.24) is 14.7 Å². The minimum Gasteiger partial charge on any atom is -0.377 e. The van der Waals surface area contributed by atoms with Crippen molar-refractivity contribution in [1.29, 1.82) is 0 Å². The first kappa shape index (κ1) is 18.4. The van der Waals surface area contributed by atoms with E-state index in [1.165, 1.54) is 0 Å². The lowest BCUT2D eigenvalue weighted by Crippen LogP contribution is -2.42. The third kappa shape index (κ3) is 3.73. The first-order chi connectivity index (χ1) is 12.5. The highest BCUT2D eigenvalue weighted by Gasteiger charge is 2.22. The molecule has 0 radical (unpaired) electrons. The molecule has 0 unspecified atom stereocenters. The van der Waals surface area contributed by atoms with Crippen molar-refractivity contribution in [3.8, 4) is 5.69 Å². The van der Waals surface area contributed by atoms with Gasteiger partial charge in [-0.05, 0) is 38.8 Å². The van der Waals surface area contributed by atoms with Gasteiger partial charge in [0.1, 0.15) is 5.69 Å². The number of ether oxygens (including phenoxy) is 1. The highest BCUT2D eigenvalue weighted by Crippen LogP contribution is 2.14. The summed E-state index contributed by atoms with van der Waals surface area (Å²) in [7, 11) is 1.80. The molecule has 140 valence electrons. The van der Waals surface area contributed by atoms with Crippen LogP contribution in [0.15, 0.2) is 35.1 Å². The van der Waals surface area contributed by atoms with Gasteiger partial charge in [-0.15, -0.1) is 0 Å². The lowest BCUT2D eigenvalue weighted by molar-refractivity contribution is -0.117. The average Bonchev–Trinajstić information content (AvgIpc) is 3.23. The number of rotatable bonds is 6. The molecule has 1 aromatic carbocycles. The highest BCUT2D eigenvalue weighted by atomic mass is 16.5. The van der Waals surface area contributed by atoms with E-state index in [0.29, 0.717) is 17.9 Å². The molecule has 1 amide bonds. The van der Waals surface area contributed by atoms with Crippen molar-refractivity contribution in [2.45, 2.75) is 38.8 Å².